The summed E-state index contributed by atoms with van der Waals surface area (Å²) in [4.78, 5) is 28.2. The van der Waals surface area contributed by atoms with E-state index in [0.717, 1.165) is 17.5 Å². The molecule has 0 unspecified atom stereocenters. The highest BCUT2D eigenvalue weighted by Crippen LogP contribution is 2.22. The summed E-state index contributed by atoms with van der Waals surface area (Å²) in [6.07, 6.45) is 4.31. The Morgan fingerprint density at radius 3 is 2.21 bits per heavy atom. The van der Waals surface area contributed by atoms with Gasteiger partial charge in [-0.25, -0.2) is 0 Å². The van der Waals surface area contributed by atoms with Crippen molar-refractivity contribution < 1.29 is 9.59 Å². The van der Waals surface area contributed by atoms with Crippen LogP contribution in [0.2, 0.25) is 10.0 Å². The maximum Gasteiger partial charge on any atom is 0.251 e. The summed E-state index contributed by atoms with van der Waals surface area (Å²) in [5, 5.41) is 5.95. The number of halogens is 2. The first-order chi connectivity index (χ1) is 13.5. The van der Waals surface area contributed by atoms with Gasteiger partial charge >= 0.3 is 0 Å². The number of hydrogen-bond donors (Lipinski definition) is 2. The molecule has 3 rings (SSSR count). The van der Waals surface area contributed by atoms with Gasteiger partial charge in [0.15, 0.2) is 0 Å². The second-order valence-electron chi connectivity index (χ2n) is 6.09. The van der Waals surface area contributed by atoms with Gasteiger partial charge in [0, 0.05) is 23.6 Å². The van der Waals surface area contributed by atoms with E-state index in [1.165, 1.54) is 12.1 Å². The molecule has 0 radical (unpaired) electrons. The molecule has 2 aromatic carbocycles. The van der Waals surface area contributed by atoms with Crippen LogP contribution < -0.4 is 10.6 Å². The molecule has 0 bridgehead atoms. The van der Waals surface area contributed by atoms with Gasteiger partial charge in [0.2, 0.25) is 5.91 Å². The lowest BCUT2D eigenvalue weighted by atomic mass is 10.1. The lowest BCUT2D eigenvalue weighted by Crippen LogP contribution is -2.32. The minimum absolute atomic E-state index is 0.155. The molecule has 28 heavy (non-hydrogen) atoms. The standard InChI is InChI=1S/C21H17Cl2N3O2/c22-18-6-3-16(12-19(18)23)21(28)25-13-20(27)26-17-4-1-14(2-5-17)11-15-7-9-24-10-8-15/h1-10,12H,11,13H2,(H,25,28)(H,26,27). The molecule has 2 amide bonds. The number of carbonyl (C=O) groups excluding carboxylic acids is 2. The SMILES string of the molecule is O=C(CNC(=O)c1ccc(Cl)c(Cl)c1)Nc1ccc(Cc2ccncc2)cc1. The maximum atomic E-state index is 12.1. The van der Waals surface area contributed by atoms with Crippen molar-refractivity contribution in [1.82, 2.24) is 10.3 Å². The predicted octanol–water partition coefficient (Wildman–Crippen LogP) is 4.35. The Morgan fingerprint density at radius 2 is 1.54 bits per heavy atom. The summed E-state index contributed by atoms with van der Waals surface area (Å²) in [7, 11) is 0. The predicted molar refractivity (Wildman–Crippen MR) is 111 cm³/mol. The van der Waals surface area contributed by atoms with Gasteiger partial charge in [0.05, 0.1) is 16.6 Å². The largest absolute Gasteiger partial charge is 0.343 e. The summed E-state index contributed by atoms with van der Waals surface area (Å²) < 4.78 is 0. The van der Waals surface area contributed by atoms with Crippen LogP contribution in [0.3, 0.4) is 0 Å². The van der Waals surface area contributed by atoms with E-state index < -0.39 is 5.91 Å². The zero-order valence-corrected chi connectivity index (χ0v) is 16.3. The molecular formula is C21H17Cl2N3O2. The van der Waals surface area contributed by atoms with Crippen molar-refractivity contribution in [1.29, 1.82) is 0 Å². The number of rotatable bonds is 6. The van der Waals surface area contributed by atoms with Gasteiger partial charge in [-0.3, -0.25) is 14.6 Å². The van der Waals surface area contributed by atoms with E-state index in [4.69, 9.17) is 23.2 Å². The minimum Gasteiger partial charge on any atom is -0.343 e. The number of nitrogens with zero attached hydrogens (tertiary/aromatic N) is 1. The molecule has 0 saturated carbocycles. The highest BCUT2D eigenvalue weighted by molar-refractivity contribution is 6.42. The molecule has 0 atom stereocenters. The van der Waals surface area contributed by atoms with Gasteiger partial charge in [-0.15, -0.1) is 0 Å². The molecule has 0 aliphatic rings. The monoisotopic (exact) mass is 413 g/mol. The van der Waals surface area contributed by atoms with Crippen molar-refractivity contribution in [2.24, 2.45) is 0 Å². The normalized spacial score (nSPS) is 10.4. The molecule has 2 N–H and O–H groups in total. The van der Waals surface area contributed by atoms with E-state index in [2.05, 4.69) is 15.6 Å². The Hall–Kier alpha value is -2.89. The van der Waals surface area contributed by atoms with E-state index in [1.54, 1.807) is 18.5 Å². The third-order valence-electron chi connectivity index (χ3n) is 3.99. The molecule has 0 spiro atoms. The van der Waals surface area contributed by atoms with Crippen molar-refractivity contribution >= 4 is 40.7 Å². The van der Waals surface area contributed by atoms with Crippen LogP contribution in [0.25, 0.3) is 0 Å². The van der Waals surface area contributed by atoms with E-state index in [0.29, 0.717) is 16.3 Å². The number of hydrogen-bond acceptors (Lipinski definition) is 3. The molecular weight excluding hydrogens is 397 g/mol. The van der Waals surface area contributed by atoms with Crippen LogP contribution in [-0.4, -0.2) is 23.3 Å². The topological polar surface area (TPSA) is 71.1 Å². The smallest absolute Gasteiger partial charge is 0.251 e. The third-order valence-corrected chi connectivity index (χ3v) is 4.73. The van der Waals surface area contributed by atoms with Crippen LogP contribution in [0.4, 0.5) is 5.69 Å². The zero-order valence-electron chi connectivity index (χ0n) is 14.8. The fourth-order valence-corrected chi connectivity index (χ4v) is 2.85. The molecule has 0 aliphatic carbocycles. The first-order valence-electron chi connectivity index (χ1n) is 8.52. The van der Waals surface area contributed by atoms with Crippen LogP contribution >= 0.6 is 23.2 Å². The lowest BCUT2D eigenvalue weighted by Gasteiger charge is -2.08. The van der Waals surface area contributed by atoms with Gasteiger partial charge in [-0.05, 0) is 60.0 Å². The van der Waals surface area contributed by atoms with Crippen molar-refractivity contribution in [3.8, 4) is 0 Å². The van der Waals surface area contributed by atoms with Gasteiger partial charge in [-0.1, -0.05) is 35.3 Å². The number of anilines is 1. The molecule has 5 nitrogen and oxygen atoms in total. The Morgan fingerprint density at radius 1 is 0.857 bits per heavy atom. The number of aromatic nitrogens is 1. The Kier molecular flexibility index (Phi) is 6.63. The fraction of sp³-hybridized carbons (Fsp3) is 0.0952. The van der Waals surface area contributed by atoms with Gasteiger partial charge in [-0.2, -0.15) is 0 Å². The average molecular weight is 414 g/mol. The Labute approximate surface area is 172 Å². The van der Waals surface area contributed by atoms with Gasteiger partial charge in [0.25, 0.3) is 5.91 Å². The molecule has 7 heteroatoms. The van der Waals surface area contributed by atoms with E-state index in [9.17, 15) is 9.59 Å². The lowest BCUT2D eigenvalue weighted by molar-refractivity contribution is -0.115. The van der Waals surface area contributed by atoms with Crippen molar-refractivity contribution in [3.63, 3.8) is 0 Å². The van der Waals surface area contributed by atoms with Crippen molar-refractivity contribution in [2.45, 2.75) is 6.42 Å². The van der Waals surface area contributed by atoms with Crippen molar-refractivity contribution in [3.05, 3.63) is 93.7 Å². The highest BCUT2D eigenvalue weighted by atomic mass is 35.5. The zero-order chi connectivity index (χ0) is 19.9. The highest BCUT2D eigenvalue weighted by Gasteiger charge is 2.10. The molecule has 0 saturated heterocycles. The second kappa shape index (κ2) is 9.35. The quantitative estimate of drug-likeness (QED) is 0.630. The number of pyridine rings is 1. The van der Waals surface area contributed by atoms with Crippen LogP contribution in [0.5, 0.6) is 0 Å². The second-order valence-corrected chi connectivity index (χ2v) is 6.90. The number of carbonyl (C=O) groups is 2. The number of amides is 2. The number of nitrogens with one attached hydrogen (secondary N) is 2. The minimum atomic E-state index is -0.401. The first-order valence-corrected chi connectivity index (χ1v) is 9.28. The van der Waals surface area contributed by atoms with E-state index in [-0.39, 0.29) is 17.5 Å². The molecule has 1 heterocycles. The van der Waals surface area contributed by atoms with E-state index >= 15 is 0 Å². The maximum absolute atomic E-state index is 12.1. The first kappa shape index (κ1) is 19.9. The van der Waals surface area contributed by atoms with Crippen LogP contribution in [-0.2, 0) is 11.2 Å². The Bertz CT molecular complexity index is 977. The summed E-state index contributed by atoms with van der Waals surface area (Å²) >= 11 is 11.7. The number of benzene rings is 2. The van der Waals surface area contributed by atoms with Crippen LogP contribution in [0, 0.1) is 0 Å². The molecule has 0 aliphatic heterocycles. The summed E-state index contributed by atoms with van der Waals surface area (Å²) in [5.74, 6) is -0.725. The molecule has 1 aromatic heterocycles. The van der Waals surface area contributed by atoms with Crippen LogP contribution in [0.1, 0.15) is 21.5 Å². The molecule has 3 aromatic rings. The third kappa shape index (κ3) is 5.55. The van der Waals surface area contributed by atoms with E-state index in [1.807, 2.05) is 36.4 Å². The Balaban J connectivity index is 1.50. The summed E-state index contributed by atoms with van der Waals surface area (Å²) in [6, 6.07) is 16.0. The molecule has 0 fully saturated rings. The summed E-state index contributed by atoms with van der Waals surface area (Å²) in [5.41, 5.74) is 3.28. The van der Waals surface area contributed by atoms with Crippen molar-refractivity contribution in [2.75, 3.05) is 11.9 Å². The fourth-order valence-electron chi connectivity index (χ4n) is 2.55. The van der Waals surface area contributed by atoms with Gasteiger partial charge < -0.3 is 10.6 Å². The van der Waals surface area contributed by atoms with Crippen LogP contribution in [0.15, 0.2) is 67.0 Å². The average Bonchev–Trinajstić information content (AvgIpc) is 2.70. The van der Waals surface area contributed by atoms with Gasteiger partial charge in [0.1, 0.15) is 0 Å². The summed E-state index contributed by atoms with van der Waals surface area (Å²) in [6.45, 7) is -0.155. The molecule has 142 valence electrons.